The second-order valence-corrected chi connectivity index (χ2v) is 10.0. The summed E-state index contributed by atoms with van der Waals surface area (Å²) < 4.78 is 25.4. The normalized spacial score (nSPS) is 18.5. The standard InChI is InChI=1S/C22H25N3O4S/c1-15-6-2-3-7-17(15)13-30(28,29)14-20-21(26)24-19-12-16(8-9-18(19)23-20)22(27)25-10-4-5-11-25/h2-3,6-9,12,20,23H,4-5,10-11,13-14H2,1H3,(H,24,26). The summed E-state index contributed by atoms with van der Waals surface area (Å²) in [5.74, 6) is -0.878. The minimum atomic E-state index is -3.51. The van der Waals surface area contributed by atoms with Crippen molar-refractivity contribution in [1.29, 1.82) is 0 Å². The molecule has 0 aliphatic carbocycles. The van der Waals surface area contributed by atoms with Crippen LogP contribution in [0.15, 0.2) is 42.5 Å². The fraction of sp³-hybridized carbons (Fsp3) is 0.364. The van der Waals surface area contributed by atoms with Gasteiger partial charge >= 0.3 is 0 Å². The lowest BCUT2D eigenvalue weighted by molar-refractivity contribution is -0.116. The minimum Gasteiger partial charge on any atom is -0.371 e. The molecule has 0 spiro atoms. The Balaban J connectivity index is 1.47. The molecular weight excluding hydrogens is 402 g/mol. The summed E-state index contributed by atoms with van der Waals surface area (Å²) in [4.78, 5) is 26.9. The highest BCUT2D eigenvalue weighted by atomic mass is 32.2. The van der Waals surface area contributed by atoms with E-state index < -0.39 is 21.8 Å². The van der Waals surface area contributed by atoms with Crippen LogP contribution in [0.2, 0.25) is 0 Å². The van der Waals surface area contributed by atoms with E-state index in [-0.39, 0.29) is 17.4 Å². The van der Waals surface area contributed by atoms with Gasteiger partial charge in [0.1, 0.15) is 6.04 Å². The molecular formula is C22H25N3O4S. The lowest BCUT2D eigenvalue weighted by Gasteiger charge is -2.27. The van der Waals surface area contributed by atoms with Gasteiger partial charge in [-0.1, -0.05) is 24.3 Å². The Morgan fingerprint density at radius 3 is 2.57 bits per heavy atom. The van der Waals surface area contributed by atoms with E-state index in [1.54, 1.807) is 35.2 Å². The van der Waals surface area contributed by atoms with E-state index in [1.807, 2.05) is 19.1 Å². The van der Waals surface area contributed by atoms with E-state index >= 15 is 0 Å². The monoisotopic (exact) mass is 427 g/mol. The third kappa shape index (κ3) is 4.33. The smallest absolute Gasteiger partial charge is 0.253 e. The molecule has 2 amide bonds. The predicted molar refractivity (Wildman–Crippen MR) is 116 cm³/mol. The lowest BCUT2D eigenvalue weighted by atomic mass is 10.1. The van der Waals surface area contributed by atoms with Crippen molar-refractivity contribution in [3.8, 4) is 0 Å². The van der Waals surface area contributed by atoms with Crippen LogP contribution in [0.1, 0.15) is 34.3 Å². The number of sulfone groups is 1. The number of carbonyl (C=O) groups is 2. The summed E-state index contributed by atoms with van der Waals surface area (Å²) in [5, 5.41) is 5.78. The van der Waals surface area contributed by atoms with Crippen molar-refractivity contribution in [3.63, 3.8) is 0 Å². The number of nitrogens with zero attached hydrogens (tertiary/aromatic N) is 1. The largest absolute Gasteiger partial charge is 0.371 e. The van der Waals surface area contributed by atoms with Crippen LogP contribution in [0.25, 0.3) is 0 Å². The van der Waals surface area contributed by atoms with Crippen LogP contribution in [0.3, 0.4) is 0 Å². The van der Waals surface area contributed by atoms with E-state index in [4.69, 9.17) is 0 Å². The SMILES string of the molecule is Cc1ccccc1CS(=O)(=O)CC1Nc2ccc(C(=O)N3CCCC3)cc2NC1=O. The average Bonchev–Trinajstić information content (AvgIpc) is 3.24. The molecule has 2 aromatic carbocycles. The van der Waals surface area contributed by atoms with Crippen molar-refractivity contribution in [2.45, 2.75) is 31.6 Å². The van der Waals surface area contributed by atoms with Gasteiger partial charge in [-0.3, -0.25) is 9.59 Å². The van der Waals surface area contributed by atoms with Crippen molar-refractivity contribution in [2.24, 2.45) is 0 Å². The fourth-order valence-corrected chi connectivity index (χ4v) is 5.58. The zero-order valence-corrected chi connectivity index (χ0v) is 17.7. The van der Waals surface area contributed by atoms with Crippen LogP contribution in [-0.2, 0) is 20.4 Å². The molecule has 0 radical (unpaired) electrons. The Morgan fingerprint density at radius 2 is 1.83 bits per heavy atom. The molecule has 1 unspecified atom stereocenters. The van der Waals surface area contributed by atoms with E-state index in [0.29, 0.717) is 16.9 Å². The highest BCUT2D eigenvalue weighted by Crippen LogP contribution is 2.29. The minimum absolute atomic E-state index is 0.0486. The van der Waals surface area contributed by atoms with Crippen LogP contribution in [-0.4, -0.2) is 50.0 Å². The lowest BCUT2D eigenvalue weighted by Crippen LogP contribution is -2.43. The van der Waals surface area contributed by atoms with Crippen LogP contribution in [0.5, 0.6) is 0 Å². The molecule has 4 rings (SSSR count). The van der Waals surface area contributed by atoms with Crippen molar-refractivity contribution in [3.05, 3.63) is 59.2 Å². The van der Waals surface area contributed by atoms with Crippen LogP contribution in [0.4, 0.5) is 11.4 Å². The zero-order chi connectivity index (χ0) is 21.3. The first kappa shape index (κ1) is 20.4. The van der Waals surface area contributed by atoms with Gasteiger partial charge < -0.3 is 15.5 Å². The molecule has 7 nitrogen and oxygen atoms in total. The Kier molecular flexibility index (Phi) is 5.51. The highest BCUT2D eigenvalue weighted by molar-refractivity contribution is 7.90. The van der Waals surface area contributed by atoms with Gasteiger partial charge in [-0.2, -0.15) is 0 Å². The molecule has 158 valence electrons. The number of likely N-dealkylation sites (tertiary alicyclic amines) is 1. The third-order valence-corrected chi connectivity index (χ3v) is 7.21. The second-order valence-electron chi connectivity index (χ2n) is 7.93. The number of nitrogens with one attached hydrogen (secondary N) is 2. The number of hydrogen-bond acceptors (Lipinski definition) is 5. The number of aryl methyl sites for hydroxylation is 1. The van der Waals surface area contributed by atoms with Gasteiger partial charge in [0.15, 0.2) is 9.84 Å². The molecule has 2 aromatic rings. The highest BCUT2D eigenvalue weighted by Gasteiger charge is 2.31. The number of hydrogen-bond donors (Lipinski definition) is 2. The Labute approximate surface area is 176 Å². The average molecular weight is 428 g/mol. The topological polar surface area (TPSA) is 95.6 Å². The van der Waals surface area contributed by atoms with Gasteiger partial charge in [-0.15, -0.1) is 0 Å². The summed E-state index contributed by atoms with van der Waals surface area (Å²) in [5.41, 5.74) is 3.27. The Morgan fingerprint density at radius 1 is 1.10 bits per heavy atom. The van der Waals surface area contributed by atoms with E-state index in [9.17, 15) is 18.0 Å². The van der Waals surface area contributed by atoms with Gasteiger partial charge in [0, 0.05) is 18.7 Å². The maximum absolute atomic E-state index is 12.7. The summed E-state index contributed by atoms with van der Waals surface area (Å²) in [7, 11) is -3.51. The summed E-state index contributed by atoms with van der Waals surface area (Å²) >= 11 is 0. The molecule has 8 heteroatoms. The first-order valence-electron chi connectivity index (χ1n) is 10.1. The molecule has 2 aliphatic rings. The van der Waals surface area contributed by atoms with E-state index in [1.165, 1.54) is 0 Å². The van der Waals surface area contributed by atoms with E-state index in [2.05, 4.69) is 10.6 Å². The van der Waals surface area contributed by atoms with Crippen molar-refractivity contribution in [2.75, 3.05) is 29.5 Å². The molecule has 2 heterocycles. The molecule has 0 bridgehead atoms. The molecule has 0 saturated carbocycles. The summed E-state index contributed by atoms with van der Waals surface area (Å²) in [6.45, 7) is 3.37. The molecule has 1 atom stereocenters. The molecule has 0 aromatic heterocycles. The van der Waals surface area contributed by atoms with Gasteiger partial charge in [-0.05, 0) is 49.1 Å². The maximum atomic E-state index is 12.7. The van der Waals surface area contributed by atoms with Gasteiger partial charge in [0.25, 0.3) is 5.91 Å². The molecule has 2 N–H and O–H groups in total. The van der Waals surface area contributed by atoms with Gasteiger partial charge in [0.2, 0.25) is 5.91 Å². The zero-order valence-electron chi connectivity index (χ0n) is 16.8. The number of anilines is 2. The maximum Gasteiger partial charge on any atom is 0.253 e. The summed E-state index contributed by atoms with van der Waals surface area (Å²) in [6, 6.07) is 11.5. The molecule has 1 saturated heterocycles. The molecule has 2 aliphatic heterocycles. The fourth-order valence-electron chi connectivity index (χ4n) is 3.92. The van der Waals surface area contributed by atoms with Gasteiger partial charge in [0.05, 0.1) is 22.9 Å². The predicted octanol–water partition coefficient (Wildman–Crippen LogP) is 2.58. The number of carbonyl (C=O) groups excluding carboxylic acids is 2. The third-order valence-electron chi connectivity index (χ3n) is 5.62. The van der Waals surface area contributed by atoms with Crippen molar-refractivity contribution < 1.29 is 18.0 Å². The second kappa shape index (κ2) is 8.10. The van der Waals surface area contributed by atoms with Crippen molar-refractivity contribution >= 4 is 33.0 Å². The Bertz CT molecular complexity index is 1090. The quantitative estimate of drug-likeness (QED) is 0.765. The van der Waals surface area contributed by atoms with Crippen LogP contribution < -0.4 is 10.6 Å². The van der Waals surface area contributed by atoms with Crippen LogP contribution >= 0.6 is 0 Å². The molecule has 1 fully saturated rings. The number of rotatable bonds is 5. The first-order valence-corrected chi connectivity index (χ1v) is 11.9. The number of amides is 2. The first-order chi connectivity index (χ1) is 14.3. The van der Waals surface area contributed by atoms with Gasteiger partial charge in [-0.25, -0.2) is 8.42 Å². The Hall–Kier alpha value is -2.87. The number of benzene rings is 2. The van der Waals surface area contributed by atoms with Crippen molar-refractivity contribution in [1.82, 2.24) is 4.90 Å². The van der Waals surface area contributed by atoms with Crippen LogP contribution in [0, 0.1) is 6.92 Å². The molecule has 30 heavy (non-hydrogen) atoms. The summed E-state index contributed by atoms with van der Waals surface area (Å²) in [6.07, 6.45) is 2.02. The van der Waals surface area contributed by atoms with E-state index in [0.717, 1.165) is 37.1 Å². The number of fused-ring (bicyclic) bond motifs is 1.